The van der Waals surface area contributed by atoms with Crippen LogP contribution in [0.15, 0.2) is 83.3 Å². The Labute approximate surface area is 162 Å². The van der Waals surface area contributed by atoms with Gasteiger partial charge in [0.1, 0.15) is 11.5 Å². The van der Waals surface area contributed by atoms with Crippen LogP contribution in [-0.2, 0) is 6.61 Å². The standard InChI is InChI=1S/C22H19N3O3/c1-26-20-10-6-5-9-19(20)23-22-25-24-21(28-22)15-27-18-13-11-17(12-14-18)16-7-3-2-4-8-16/h2-14H,15H2,1H3,(H,23,25). The molecule has 140 valence electrons. The van der Waals surface area contributed by atoms with Crippen LogP contribution in [0.3, 0.4) is 0 Å². The van der Waals surface area contributed by atoms with Crippen molar-refractivity contribution in [3.63, 3.8) is 0 Å². The van der Waals surface area contributed by atoms with E-state index in [9.17, 15) is 0 Å². The molecule has 0 radical (unpaired) electrons. The lowest BCUT2D eigenvalue weighted by Gasteiger charge is -2.07. The van der Waals surface area contributed by atoms with Crippen LogP contribution in [-0.4, -0.2) is 17.3 Å². The van der Waals surface area contributed by atoms with Gasteiger partial charge in [0.25, 0.3) is 5.89 Å². The van der Waals surface area contributed by atoms with Gasteiger partial charge in [-0.3, -0.25) is 0 Å². The molecule has 0 aliphatic rings. The Kier molecular flexibility index (Phi) is 5.20. The molecule has 1 heterocycles. The zero-order valence-corrected chi connectivity index (χ0v) is 15.3. The molecule has 6 nitrogen and oxygen atoms in total. The van der Waals surface area contributed by atoms with E-state index in [0.717, 1.165) is 22.6 Å². The lowest BCUT2D eigenvalue weighted by Crippen LogP contribution is -1.95. The average molecular weight is 373 g/mol. The van der Waals surface area contributed by atoms with Crippen molar-refractivity contribution in [2.24, 2.45) is 0 Å². The highest BCUT2D eigenvalue weighted by molar-refractivity contribution is 5.64. The summed E-state index contributed by atoms with van der Waals surface area (Å²) < 4.78 is 16.6. The Morgan fingerprint density at radius 2 is 1.54 bits per heavy atom. The molecule has 4 aromatic rings. The van der Waals surface area contributed by atoms with Crippen molar-refractivity contribution in [1.82, 2.24) is 10.2 Å². The molecule has 0 atom stereocenters. The summed E-state index contributed by atoms with van der Waals surface area (Å²) in [5, 5.41) is 11.0. The van der Waals surface area contributed by atoms with Crippen LogP contribution in [0.2, 0.25) is 0 Å². The SMILES string of the molecule is COc1ccccc1Nc1nnc(COc2ccc(-c3ccccc3)cc2)o1. The van der Waals surface area contributed by atoms with Gasteiger partial charge < -0.3 is 19.2 Å². The largest absolute Gasteiger partial charge is 0.495 e. The summed E-state index contributed by atoms with van der Waals surface area (Å²) >= 11 is 0. The normalized spacial score (nSPS) is 10.5. The number of benzene rings is 3. The molecule has 1 aromatic heterocycles. The number of para-hydroxylation sites is 2. The number of aromatic nitrogens is 2. The Morgan fingerprint density at radius 3 is 2.32 bits per heavy atom. The zero-order chi connectivity index (χ0) is 19.2. The van der Waals surface area contributed by atoms with Gasteiger partial charge in [-0.1, -0.05) is 59.7 Å². The molecule has 0 amide bonds. The van der Waals surface area contributed by atoms with Gasteiger partial charge in [-0.2, -0.15) is 0 Å². The van der Waals surface area contributed by atoms with Gasteiger partial charge in [0.15, 0.2) is 6.61 Å². The summed E-state index contributed by atoms with van der Waals surface area (Å²) in [5.41, 5.74) is 3.05. The number of rotatable bonds is 7. The maximum atomic E-state index is 5.74. The van der Waals surface area contributed by atoms with Crippen LogP contribution in [0.25, 0.3) is 11.1 Å². The number of hydrogen-bond donors (Lipinski definition) is 1. The predicted molar refractivity (Wildman–Crippen MR) is 107 cm³/mol. The topological polar surface area (TPSA) is 69.4 Å². The molecule has 0 saturated heterocycles. The van der Waals surface area contributed by atoms with Crippen LogP contribution in [0.1, 0.15) is 5.89 Å². The number of methoxy groups -OCH3 is 1. The van der Waals surface area contributed by atoms with Crippen LogP contribution >= 0.6 is 0 Å². The van der Waals surface area contributed by atoms with Crippen LogP contribution in [0.4, 0.5) is 11.7 Å². The van der Waals surface area contributed by atoms with Crippen molar-refractivity contribution >= 4 is 11.7 Å². The lowest BCUT2D eigenvalue weighted by molar-refractivity contribution is 0.265. The summed E-state index contributed by atoms with van der Waals surface area (Å²) in [6, 6.07) is 25.9. The van der Waals surface area contributed by atoms with Gasteiger partial charge in [0.05, 0.1) is 12.8 Å². The first-order valence-corrected chi connectivity index (χ1v) is 8.82. The molecule has 6 heteroatoms. The molecule has 28 heavy (non-hydrogen) atoms. The van der Waals surface area contributed by atoms with E-state index in [0.29, 0.717) is 11.6 Å². The summed E-state index contributed by atoms with van der Waals surface area (Å²) in [4.78, 5) is 0. The smallest absolute Gasteiger partial charge is 0.320 e. The Bertz CT molecular complexity index is 1030. The fourth-order valence-electron chi connectivity index (χ4n) is 2.74. The maximum absolute atomic E-state index is 5.74. The van der Waals surface area contributed by atoms with E-state index in [4.69, 9.17) is 13.9 Å². The van der Waals surface area contributed by atoms with Crippen LogP contribution in [0, 0.1) is 0 Å². The molecule has 0 saturated carbocycles. The zero-order valence-electron chi connectivity index (χ0n) is 15.3. The quantitative estimate of drug-likeness (QED) is 0.488. The monoisotopic (exact) mass is 373 g/mol. The minimum absolute atomic E-state index is 0.186. The predicted octanol–water partition coefficient (Wildman–Crippen LogP) is 5.07. The second kappa shape index (κ2) is 8.26. The molecule has 0 spiro atoms. The number of nitrogens with zero attached hydrogens (tertiary/aromatic N) is 2. The number of hydrogen-bond acceptors (Lipinski definition) is 6. The van der Waals surface area contributed by atoms with Gasteiger partial charge in [-0.25, -0.2) is 0 Å². The minimum Gasteiger partial charge on any atom is -0.495 e. The Morgan fingerprint density at radius 1 is 0.821 bits per heavy atom. The molecule has 3 aromatic carbocycles. The molecule has 0 fully saturated rings. The summed E-state index contributed by atoms with van der Waals surface area (Å²) in [5.74, 6) is 1.80. The fraction of sp³-hybridized carbons (Fsp3) is 0.0909. The fourth-order valence-corrected chi connectivity index (χ4v) is 2.74. The van der Waals surface area contributed by atoms with Crippen molar-refractivity contribution in [2.75, 3.05) is 12.4 Å². The van der Waals surface area contributed by atoms with E-state index < -0.39 is 0 Å². The second-order valence-electron chi connectivity index (χ2n) is 6.01. The van der Waals surface area contributed by atoms with Crippen LogP contribution in [0.5, 0.6) is 11.5 Å². The highest BCUT2D eigenvalue weighted by atomic mass is 16.5. The van der Waals surface area contributed by atoms with Crippen molar-refractivity contribution < 1.29 is 13.9 Å². The van der Waals surface area contributed by atoms with E-state index in [1.165, 1.54) is 0 Å². The molecule has 0 aliphatic carbocycles. The number of anilines is 2. The Hall–Kier alpha value is -3.80. The average Bonchev–Trinajstić information content (AvgIpc) is 3.21. The van der Waals surface area contributed by atoms with Gasteiger partial charge >= 0.3 is 6.01 Å². The summed E-state index contributed by atoms with van der Waals surface area (Å²) in [6.07, 6.45) is 0. The second-order valence-corrected chi connectivity index (χ2v) is 6.01. The number of nitrogens with one attached hydrogen (secondary N) is 1. The van der Waals surface area contributed by atoms with Crippen molar-refractivity contribution in [3.05, 3.63) is 84.8 Å². The minimum atomic E-state index is 0.186. The third-order valence-electron chi connectivity index (χ3n) is 4.14. The van der Waals surface area contributed by atoms with E-state index >= 15 is 0 Å². The molecule has 0 aliphatic heterocycles. The first kappa shape index (κ1) is 17.6. The summed E-state index contributed by atoms with van der Waals surface area (Å²) in [7, 11) is 1.61. The molecule has 0 unspecified atom stereocenters. The first-order valence-electron chi connectivity index (χ1n) is 8.82. The highest BCUT2D eigenvalue weighted by Gasteiger charge is 2.09. The number of ether oxygens (including phenoxy) is 2. The van der Waals surface area contributed by atoms with Crippen molar-refractivity contribution in [2.45, 2.75) is 6.61 Å². The van der Waals surface area contributed by atoms with Crippen molar-refractivity contribution in [3.8, 4) is 22.6 Å². The molecule has 4 rings (SSSR count). The Balaban J connectivity index is 1.37. The third kappa shape index (κ3) is 4.12. The summed E-state index contributed by atoms with van der Waals surface area (Å²) in [6.45, 7) is 0.186. The molecule has 1 N–H and O–H groups in total. The van der Waals surface area contributed by atoms with Gasteiger partial charge in [0, 0.05) is 0 Å². The maximum Gasteiger partial charge on any atom is 0.320 e. The van der Waals surface area contributed by atoms with Gasteiger partial charge in [-0.15, -0.1) is 5.10 Å². The third-order valence-corrected chi connectivity index (χ3v) is 4.14. The van der Waals surface area contributed by atoms with E-state index in [-0.39, 0.29) is 12.6 Å². The van der Waals surface area contributed by atoms with E-state index in [1.807, 2.05) is 66.7 Å². The van der Waals surface area contributed by atoms with Crippen LogP contribution < -0.4 is 14.8 Å². The van der Waals surface area contributed by atoms with Gasteiger partial charge in [-0.05, 0) is 35.4 Å². The van der Waals surface area contributed by atoms with E-state index in [2.05, 4.69) is 27.6 Å². The van der Waals surface area contributed by atoms with Gasteiger partial charge in [0.2, 0.25) is 0 Å². The lowest BCUT2D eigenvalue weighted by atomic mass is 10.1. The van der Waals surface area contributed by atoms with Crippen molar-refractivity contribution in [1.29, 1.82) is 0 Å². The highest BCUT2D eigenvalue weighted by Crippen LogP contribution is 2.26. The first-order chi connectivity index (χ1) is 13.8. The molecular formula is C22H19N3O3. The molecule has 0 bridgehead atoms. The molecular weight excluding hydrogens is 354 g/mol. The van der Waals surface area contributed by atoms with E-state index in [1.54, 1.807) is 7.11 Å².